The van der Waals surface area contributed by atoms with Crippen molar-refractivity contribution in [3.05, 3.63) is 64.2 Å². The van der Waals surface area contributed by atoms with E-state index >= 15 is 0 Å². The first-order valence-corrected chi connectivity index (χ1v) is 10.5. The number of aryl methyl sites for hydroxylation is 1. The molecule has 0 heterocycles. The van der Waals surface area contributed by atoms with E-state index in [0.717, 1.165) is 5.56 Å². The molecule has 2 aromatic carbocycles. The van der Waals surface area contributed by atoms with Gasteiger partial charge in [0.05, 0.1) is 12.0 Å². The van der Waals surface area contributed by atoms with E-state index in [1.807, 2.05) is 6.92 Å². The minimum atomic E-state index is -0.780. The lowest BCUT2D eigenvalue weighted by Crippen LogP contribution is -2.34. The van der Waals surface area contributed by atoms with Gasteiger partial charge in [0.2, 0.25) is 0 Å². The SMILES string of the molecule is Cc1cc(C(=O)NCCNC(=O)c2ccc(OC3CCC(C(=O)O)C3)cc2)ccc1Cl. The molecule has 31 heavy (non-hydrogen) atoms. The van der Waals surface area contributed by atoms with E-state index in [1.165, 1.54) is 0 Å². The van der Waals surface area contributed by atoms with Gasteiger partial charge in [0.1, 0.15) is 5.75 Å². The standard InChI is InChI=1S/C23H25ClN2O5/c1-14-12-16(5-9-20(14)24)22(28)26-11-10-25-21(27)15-2-6-18(7-3-15)31-19-8-4-17(13-19)23(29)30/h2-3,5-7,9,12,17,19H,4,8,10-11,13H2,1H3,(H,25,27)(H,26,28)(H,29,30). The lowest BCUT2D eigenvalue weighted by atomic mass is 10.1. The molecule has 2 amide bonds. The van der Waals surface area contributed by atoms with Crippen LogP contribution in [-0.4, -0.2) is 42.1 Å². The normalized spacial score (nSPS) is 17.7. The monoisotopic (exact) mass is 444 g/mol. The van der Waals surface area contributed by atoms with Gasteiger partial charge in [-0.1, -0.05) is 11.6 Å². The summed E-state index contributed by atoms with van der Waals surface area (Å²) in [6, 6.07) is 11.8. The zero-order valence-electron chi connectivity index (χ0n) is 17.2. The van der Waals surface area contributed by atoms with Gasteiger partial charge >= 0.3 is 5.97 Å². The molecule has 3 rings (SSSR count). The molecule has 3 N–H and O–H groups in total. The number of carbonyl (C=O) groups excluding carboxylic acids is 2. The quantitative estimate of drug-likeness (QED) is 0.541. The van der Waals surface area contributed by atoms with E-state index in [4.69, 9.17) is 21.4 Å². The Morgan fingerprint density at radius 1 is 1.00 bits per heavy atom. The van der Waals surface area contributed by atoms with Crippen molar-refractivity contribution in [3.8, 4) is 5.75 Å². The van der Waals surface area contributed by atoms with E-state index in [1.54, 1.807) is 42.5 Å². The van der Waals surface area contributed by atoms with Crippen molar-refractivity contribution in [2.45, 2.75) is 32.3 Å². The Balaban J connectivity index is 1.41. The number of carbonyl (C=O) groups is 3. The second kappa shape index (κ2) is 10.3. The first-order valence-electron chi connectivity index (χ1n) is 10.2. The zero-order valence-corrected chi connectivity index (χ0v) is 17.9. The molecular weight excluding hydrogens is 420 g/mol. The smallest absolute Gasteiger partial charge is 0.306 e. The highest BCUT2D eigenvalue weighted by Gasteiger charge is 2.30. The van der Waals surface area contributed by atoms with E-state index in [2.05, 4.69) is 10.6 Å². The molecule has 1 fully saturated rings. The first kappa shape index (κ1) is 22.6. The Kier molecular flexibility index (Phi) is 7.52. The molecule has 0 aliphatic heterocycles. The van der Waals surface area contributed by atoms with Gasteiger partial charge in [0.25, 0.3) is 11.8 Å². The number of carboxylic acids is 1. The molecule has 1 saturated carbocycles. The fourth-order valence-electron chi connectivity index (χ4n) is 3.49. The number of ether oxygens (including phenoxy) is 1. The van der Waals surface area contributed by atoms with Crippen molar-refractivity contribution in [2.75, 3.05) is 13.1 Å². The maximum Gasteiger partial charge on any atom is 0.306 e. The molecule has 0 saturated heterocycles. The summed E-state index contributed by atoms with van der Waals surface area (Å²) in [5.74, 6) is -1.00. The minimum absolute atomic E-state index is 0.117. The average molecular weight is 445 g/mol. The summed E-state index contributed by atoms with van der Waals surface area (Å²) in [7, 11) is 0. The molecule has 0 spiro atoms. The van der Waals surface area contributed by atoms with Crippen LogP contribution in [0.3, 0.4) is 0 Å². The van der Waals surface area contributed by atoms with Crippen LogP contribution in [0.4, 0.5) is 0 Å². The fraction of sp³-hybridized carbons (Fsp3) is 0.348. The van der Waals surface area contributed by atoms with Crippen molar-refractivity contribution in [1.82, 2.24) is 10.6 Å². The molecule has 164 valence electrons. The maximum absolute atomic E-state index is 12.3. The zero-order chi connectivity index (χ0) is 22.4. The summed E-state index contributed by atoms with van der Waals surface area (Å²) in [6.45, 7) is 2.41. The Morgan fingerprint density at radius 3 is 2.19 bits per heavy atom. The molecule has 0 bridgehead atoms. The number of hydrogen-bond donors (Lipinski definition) is 3. The molecule has 2 aromatic rings. The van der Waals surface area contributed by atoms with Crippen molar-refractivity contribution in [3.63, 3.8) is 0 Å². The number of benzene rings is 2. The van der Waals surface area contributed by atoms with Gasteiger partial charge in [-0.15, -0.1) is 0 Å². The number of amides is 2. The molecular formula is C23H25ClN2O5. The summed E-state index contributed by atoms with van der Waals surface area (Å²) < 4.78 is 5.82. The Morgan fingerprint density at radius 2 is 1.61 bits per heavy atom. The number of rotatable bonds is 8. The van der Waals surface area contributed by atoms with Crippen molar-refractivity contribution in [2.24, 2.45) is 5.92 Å². The van der Waals surface area contributed by atoms with E-state index in [9.17, 15) is 14.4 Å². The van der Waals surface area contributed by atoms with Gasteiger partial charge < -0.3 is 20.5 Å². The molecule has 2 unspecified atom stereocenters. The Hall–Kier alpha value is -3.06. The van der Waals surface area contributed by atoms with Crippen LogP contribution in [0.5, 0.6) is 5.75 Å². The summed E-state index contributed by atoms with van der Waals surface area (Å²) >= 11 is 5.97. The van der Waals surface area contributed by atoms with E-state index in [-0.39, 0.29) is 30.4 Å². The predicted octanol–water partition coefficient (Wildman–Crippen LogP) is 3.44. The van der Waals surface area contributed by atoms with E-state index in [0.29, 0.717) is 47.7 Å². The van der Waals surface area contributed by atoms with Crippen LogP contribution in [0.15, 0.2) is 42.5 Å². The Bertz CT molecular complexity index is 961. The summed E-state index contributed by atoms with van der Waals surface area (Å²) in [6.07, 6.45) is 1.71. The molecule has 1 aliphatic carbocycles. The first-order chi connectivity index (χ1) is 14.8. The third kappa shape index (κ3) is 6.21. The highest BCUT2D eigenvalue weighted by Crippen LogP contribution is 2.29. The van der Waals surface area contributed by atoms with E-state index < -0.39 is 5.97 Å². The number of hydrogen-bond acceptors (Lipinski definition) is 4. The van der Waals surface area contributed by atoms with Crippen LogP contribution in [0.1, 0.15) is 45.5 Å². The lowest BCUT2D eigenvalue weighted by molar-refractivity contribution is -0.141. The van der Waals surface area contributed by atoms with Crippen LogP contribution in [0.2, 0.25) is 5.02 Å². The average Bonchev–Trinajstić information content (AvgIpc) is 3.22. The molecule has 8 heteroatoms. The lowest BCUT2D eigenvalue weighted by Gasteiger charge is -2.14. The second-order valence-electron chi connectivity index (χ2n) is 7.59. The second-order valence-corrected chi connectivity index (χ2v) is 8.00. The summed E-state index contributed by atoms with van der Waals surface area (Å²) in [5, 5.41) is 15.2. The highest BCUT2D eigenvalue weighted by molar-refractivity contribution is 6.31. The topological polar surface area (TPSA) is 105 Å². The number of aliphatic carboxylic acids is 1. The van der Waals surface area contributed by atoms with Crippen LogP contribution in [0, 0.1) is 12.8 Å². The third-order valence-corrected chi connectivity index (χ3v) is 5.69. The third-order valence-electron chi connectivity index (χ3n) is 5.27. The molecule has 1 aliphatic rings. The van der Waals surface area contributed by atoms with Gasteiger partial charge in [-0.3, -0.25) is 14.4 Å². The van der Waals surface area contributed by atoms with Crippen molar-refractivity contribution in [1.29, 1.82) is 0 Å². The fourth-order valence-corrected chi connectivity index (χ4v) is 3.61. The highest BCUT2D eigenvalue weighted by atomic mass is 35.5. The van der Waals surface area contributed by atoms with Crippen LogP contribution in [0.25, 0.3) is 0 Å². The number of carboxylic acid groups (broad SMARTS) is 1. The number of halogens is 1. The van der Waals surface area contributed by atoms with Crippen molar-refractivity contribution < 1.29 is 24.2 Å². The van der Waals surface area contributed by atoms with Gasteiger partial charge in [0, 0.05) is 29.2 Å². The van der Waals surface area contributed by atoms with Gasteiger partial charge in [0.15, 0.2) is 0 Å². The maximum atomic E-state index is 12.3. The summed E-state index contributed by atoms with van der Waals surface area (Å²) in [4.78, 5) is 35.5. The Labute approximate surface area is 185 Å². The van der Waals surface area contributed by atoms with Crippen LogP contribution >= 0.6 is 11.6 Å². The van der Waals surface area contributed by atoms with Crippen LogP contribution < -0.4 is 15.4 Å². The van der Waals surface area contributed by atoms with Gasteiger partial charge in [-0.05, 0) is 74.2 Å². The molecule has 2 atom stereocenters. The molecule has 0 aromatic heterocycles. The minimum Gasteiger partial charge on any atom is -0.490 e. The van der Waals surface area contributed by atoms with Crippen LogP contribution in [-0.2, 0) is 4.79 Å². The summed E-state index contributed by atoms with van der Waals surface area (Å²) in [5.41, 5.74) is 1.81. The van der Waals surface area contributed by atoms with Gasteiger partial charge in [-0.2, -0.15) is 0 Å². The molecule has 0 radical (unpaired) electrons. The van der Waals surface area contributed by atoms with Gasteiger partial charge in [-0.25, -0.2) is 0 Å². The largest absolute Gasteiger partial charge is 0.490 e. The predicted molar refractivity (Wildman–Crippen MR) is 117 cm³/mol. The van der Waals surface area contributed by atoms with Crippen molar-refractivity contribution >= 4 is 29.4 Å². The molecule has 7 nitrogen and oxygen atoms in total. The number of nitrogens with one attached hydrogen (secondary N) is 2.